The van der Waals surface area contributed by atoms with Gasteiger partial charge in [-0.15, -0.1) is 0 Å². The number of fused-ring (bicyclic) bond motifs is 5. The molecule has 2 bridgehead atoms. The molecule has 2 saturated heterocycles. The van der Waals surface area contributed by atoms with Crippen molar-refractivity contribution in [3.8, 4) is 5.75 Å². The lowest BCUT2D eigenvalue weighted by Gasteiger charge is -2.33. The fourth-order valence-electron chi connectivity index (χ4n) is 11.3. The Morgan fingerprint density at radius 3 is 2.22 bits per heavy atom. The van der Waals surface area contributed by atoms with Crippen LogP contribution in [0, 0.1) is 17.8 Å². The summed E-state index contributed by atoms with van der Waals surface area (Å²) < 4.78 is 21.3. The summed E-state index contributed by atoms with van der Waals surface area (Å²) >= 11 is 1.50. The van der Waals surface area contributed by atoms with Gasteiger partial charge in [0.15, 0.2) is 0 Å². The molecule has 0 saturated carbocycles. The van der Waals surface area contributed by atoms with E-state index in [1.165, 1.54) is 25.8 Å². The second-order valence-corrected chi connectivity index (χ2v) is 26.0. The molecular weight excluding hydrogens is 1220 g/mol. The van der Waals surface area contributed by atoms with E-state index in [9.17, 15) is 72.9 Å². The Morgan fingerprint density at radius 1 is 0.844 bits per heavy atom. The quantitative estimate of drug-likeness (QED) is 0.0516. The molecule has 4 aliphatic heterocycles. The molecule has 13 atom stereocenters. The van der Waals surface area contributed by atoms with Crippen molar-refractivity contribution < 1.29 is 86.9 Å². The molecule has 6 rings (SSSR count). The summed E-state index contributed by atoms with van der Waals surface area (Å²) in [6.07, 6.45) is -1.80. The fourth-order valence-corrected chi connectivity index (χ4v) is 13.9. The summed E-state index contributed by atoms with van der Waals surface area (Å²) in [4.78, 5) is 170. The highest BCUT2D eigenvalue weighted by Crippen LogP contribution is 2.38. The molecule has 0 radical (unpaired) electrons. The number of carboxylic acids is 1. The maximum atomic E-state index is 15.4. The standard InChI is InChI=1S/C58H86N12O18S2/c1-6-29(3)48-55(84)62-22-44(75)63-39-28-90(87)57-35(34-12-14-42(88-5)36(50(34)68-57)27-89-33-16-18-69(25-33)46(77)11-9-8-10-17-60-51(80)31(7-2)19-47(78)79)21-38(52(81)61-23-45(76)66-48)65-56(85)49(30(4)41(73)26-71)67-54(83)40-20-32(72)24-70(40)58(86)37(64-53(39)82)13-15-43(59)74/h12,14,29-33,37-41,48-49,68,71-73H,6-11,13,15-28H2,1-5H3,(H2,59,74)(H,60,80)(H,61,81)(H,62,84)(H,63,75)(H,64,82)(H,65,85)(H,66,76)(H,67,83)(H,78,79)/t29-,30-,31?,32+,33-,37-,38-,39-,40-,41-,48-,49-,90?/m0/s1. The largest absolute Gasteiger partial charge is 0.496 e. The van der Waals surface area contributed by atoms with E-state index < -0.39 is 194 Å². The van der Waals surface area contributed by atoms with Gasteiger partial charge in [0.05, 0.1) is 67.5 Å². The molecule has 4 aliphatic rings. The molecule has 0 aliphatic carbocycles. The van der Waals surface area contributed by atoms with Crippen molar-refractivity contribution in [2.24, 2.45) is 23.5 Å². The predicted molar refractivity (Wildman–Crippen MR) is 326 cm³/mol. The first-order valence-electron chi connectivity index (χ1n) is 30.4. The lowest BCUT2D eigenvalue weighted by atomic mass is 9.93. The van der Waals surface area contributed by atoms with Gasteiger partial charge in [0.2, 0.25) is 65.0 Å². The number of nitrogens with zero attached hydrogens (tertiary/aromatic N) is 2. The Morgan fingerprint density at radius 2 is 1.56 bits per heavy atom. The Bertz CT molecular complexity index is 3020. The zero-order valence-electron chi connectivity index (χ0n) is 51.2. The minimum absolute atomic E-state index is 0.0499. The number of benzene rings is 1. The molecule has 30 nitrogen and oxygen atoms in total. The minimum Gasteiger partial charge on any atom is -0.496 e. The number of ether oxygens (including phenoxy) is 1. The van der Waals surface area contributed by atoms with E-state index in [-0.39, 0.29) is 46.2 Å². The number of nitrogens with two attached hydrogens (primary N) is 1. The van der Waals surface area contributed by atoms with Gasteiger partial charge in [-0.1, -0.05) is 40.5 Å². The van der Waals surface area contributed by atoms with Gasteiger partial charge in [0.1, 0.15) is 47.0 Å². The summed E-state index contributed by atoms with van der Waals surface area (Å²) in [7, 11) is -1.02. The number of unbranched alkanes of at least 4 members (excludes halogenated alkanes) is 2. The van der Waals surface area contributed by atoms with Gasteiger partial charge < -0.3 is 88.2 Å². The van der Waals surface area contributed by atoms with Crippen LogP contribution in [0.4, 0.5) is 0 Å². The van der Waals surface area contributed by atoms with Crippen LogP contribution in [0.15, 0.2) is 17.2 Å². The maximum absolute atomic E-state index is 15.4. The number of hydrogen-bond donors (Lipinski definition) is 14. The number of nitrogens with one attached hydrogen (secondary N) is 9. The van der Waals surface area contributed by atoms with E-state index in [4.69, 9.17) is 15.6 Å². The topological polar surface area (TPSA) is 457 Å². The van der Waals surface area contributed by atoms with Crippen LogP contribution in [0.1, 0.15) is 109 Å². The number of amides is 11. The Labute approximate surface area is 527 Å². The van der Waals surface area contributed by atoms with Gasteiger partial charge in [-0.05, 0) is 55.7 Å². The molecule has 2 unspecified atom stereocenters. The molecule has 15 N–H and O–H groups in total. The van der Waals surface area contributed by atoms with Gasteiger partial charge in [-0.2, -0.15) is 11.8 Å². The SMILES string of the molecule is CCC(CC(=O)O)C(=O)NCCCCCC(=O)N1CC[C@H](SCc2c(OC)ccc3c4c([nH]c23)S(=O)C[C@@H]2NC(=O)CNC(=O)[C@H]([C@@H](C)CC)NC(=O)CNC(=O)[C@H](C4)NC(=O)[C@H]([C@@H](C)[C@@H](O)CO)NC(=O)[C@@H]3C[C@@H](O)CN3C(=O)[C@H](CCC(N)=O)NC2=O)C1. The minimum atomic E-state index is -2.45. The summed E-state index contributed by atoms with van der Waals surface area (Å²) in [5.74, 6) is -13.0. The normalized spacial score (nSPS) is 25.6. The molecule has 2 aromatic rings. The third kappa shape index (κ3) is 19.1. The molecule has 498 valence electrons. The second-order valence-electron chi connectivity index (χ2n) is 23.3. The second kappa shape index (κ2) is 33.6. The molecule has 1 aromatic carbocycles. The molecule has 0 spiro atoms. The lowest BCUT2D eigenvalue weighted by molar-refractivity contribution is -0.143. The van der Waals surface area contributed by atoms with Crippen LogP contribution in [-0.2, 0) is 80.5 Å². The van der Waals surface area contributed by atoms with Crippen LogP contribution in [0.5, 0.6) is 5.75 Å². The number of primary amides is 1. The van der Waals surface area contributed by atoms with Crippen molar-refractivity contribution in [2.75, 3.05) is 58.7 Å². The number of aromatic amines is 1. The molecule has 11 amide bonds. The van der Waals surface area contributed by atoms with Crippen LogP contribution >= 0.6 is 11.8 Å². The average Bonchev–Trinajstić information content (AvgIpc) is 1.65. The van der Waals surface area contributed by atoms with E-state index in [1.807, 2.05) is 0 Å². The van der Waals surface area contributed by atoms with E-state index in [0.29, 0.717) is 80.4 Å². The molecular formula is C58H86N12O18S2. The maximum Gasteiger partial charge on any atom is 0.304 e. The Hall–Kier alpha value is -7.42. The van der Waals surface area contributed by atoms with Crippen LogP contribution in [0.3, 0.4) is 0 Å². The first kappa shape index (κ1) is 71.7. The van der Waals surface area contributed by atoms with Crippen molar-refractivity contribution in [1.29, 1.82) is 0 Å². The fraction of sp³-hybridized carbons (Fsp3) is 0.655. The van der Waals surface area contributed by atoms with Gasteiger partial charge in [0.25, 0.3) is 0 Å². The lowest BCUT2D eigenvalue weighted by Crippen LogP contribution is -2.62. The van der Waals surface area contributed by atoms with Crippen molar-refractivity contribution in [3.63, 3.8) is 0 Å². The highest BCUT2D eigenvalue weighted by molar-refractivity contribution is 7.99. The number of thioether (sulfide) groups is 1. The molecule has 1 aromatic heterocycles. The Balaban J connectivity index is 1.42. The number of aliphatic hydroxyl groups excluding tert-OH is 3. The number of carbonyl (C=O) groups is 12. The third-order valence-corrected chi connectivity index (χ3v) is 19.6. The molecule has 90 heavy (non-hydrogen) atoms. The highest BCUT2D eigenvalue weighted by Gasteiger charge is 2.45. The molecule has 32 heteroatoms. The summed E-state index contributed by atoms with van der Waals surface area (Å²) in [5, 5.41) is 61.8. The third-order valence-electron chi connectivity index (χ3n) is 16.9. The number of aliphatic carboxylic acids is 1. The summed E-state index contributed by atoms with van der Waals surface area (Å²) in [5.41, 5.74) is 6.48. The van der Waals surface area contributed by atoms with E-state index in [2.05, 4.69) is 47.5 Å². The average molecular weight is 1300 g/mol. The smallest absolute Gasteiger partial charge is 0.304 e. The zero-order valence-corrected chi connectivity index (χ0v) is 52.9. The van der Waals surface area contributed by atoms with Crippen LogP contribution in [0.25, 0.3) is 10.9 Å². The number of H-pyrrole nitrogens is 1. The predicted octanol–water partition coefficient (Wildman–Crippen LogP) is -3.22. The van der Waals surface area contributed by atoms with Crippen LogP contribution in [0.2, 0.25) is 0 Å². The van der Waals surface area contributed by atoms with E-state index in [1.54, 1.807) is 37.8 Å². The van der Waals surface area contributed by atoms with Crippen molar-refractivity contribution in [3.05, 3.63) is 23.3 Å². The van der Waals surface area contributed by atoms with Crippen molar-refractivity contribution >= 4 is 104 Å². The van der Waals surface area contributed by atoms with Gasteiger partial charge in [-0.3, -0.25) is 61.7 Å². The first-order chi connectivity index (χ1) is 42.8. The van der Waals surface area contributed by atoms with Crippen LogP contribution < -0.4 is 53.0 Å². The van der Waals surface area contributed by atoms with Crippen molar-refractivity contribution in [2.45, 2.75) is 169 Å². The first-order valence-corrected chi connectivity index (χ1v) is 32.7. The number of rotatable bonds is 22. The number of aliphatic hydroxyl groups is 3. The monoisotopic (exact) mass is 1300 g/mol. The molecule has 5 heterocycles. The highest BCUT2D eigenvalue weighted by atomic mass is 32.2. The zero-order chi connectivity index (χ0) is 66.1. The van der Waals surface area contributed by atoms with E-state index in [0.717, 1.165) is 4.90 Å². The van der Waals surface area contributed by atoms with E-state index >= 15 is 4.21 Å². The molecule has 2 fully saturated rings. The van der Waals surface area contributed by atoms with Crippen molar-refractivity contribution in [1.82, 2.24) is 57.3 Å². The van der Waals surface area contributed by atoms with Gasteiger partial charge in [-0.25, -0.2) is 0 Å². The Kier molecular flexibility index (Phi) is 26.7. The summed E-state index contributed by atoms with van der Waals surface area (Å²) in [6, 6.07) is -6.72. The van der Waals surface area contributed by atoms with Crippen LogP contribution in [-0.4, -0.2) is 223 Å². The number of carboxylic acid groups (broad SMARTS) is 1. The van der Waals surface area contributed by atoms with Gasteiger partial charge in [0, 0.05) is 85.7 Å². The number of aromatic nitrogens is 1. The van der Waals surface area contributed by atoms with Gasteiger partial charge >= 0.3 is 5.97 Å². The number of methoxy groups -OCH3 is 1. The summed E-state index contributed by atoms with van der Waals surface area (Å²) in [6.45, 7) is 4.71. The number of carbonyl (C=O) groups excluding carboxylic acids is 11. The number of hydrogen-bond acceptors (Lipinski definition) is 18. The number of likely N-dealkylation sites (tertiary alicyclic amines) is 1.